The summed E-state index contributed by atoms with van der Waals surface area (Å²) >= 11 is 0. The predicted octanol–water partition coefficient (Wildman–Crippen LogP) is 2.39. The van der Waals surface area contributed by atoms with Crippen molar-refractivity contribution >= 4 is 12.4 Å². The molecule has 0 fully saturated rings. The number of aromatic amines is 1. The van der Waals surface area contributed by atoms with Gasteiger partial charge in [-0.3, -0.25) is 9.67 Å². The van der Waals surface area contributed by atoms with Crippen LogP contribution in [0, 0.1) is 6.92 Å². The molecule has 3 aromatic rings. The highest BCUT2D eigenvalue weighted by atomic mass is 35.5. The molecule has 1 N–H and O–H groups in total. The minimum atomic E-state index is 0. The van der Waals surface area contributed by atoms with E-state index < -0.39 is 0 Å². The van der Waals surface area contributed by atoms with E-state index in [-0.39, 0.29) is 12.4 Å². The quantitative estimate of drug-likeness (QED) is 0.771. The summed E-state index contributed by atoms with van der Waals surface area (Å²) < 4.78 is 1.79. The van der Waals surface area contributed by atoms with Crippen molar-refractivity contribution in [3.63, 3.8) is 0 Å². The molecular weight excluding hydrogens is 250 g/mol. The second-order valence-electron chi connectivity index (χ2n) is 3.78. The van der Waals surface area contributed by atoms with E-state index >= 15 is 0 Å². The number of nitrogens with one attached hydrogen (secondary N) is 1. The molecule has 0 aliphatic rings. The van der Waals surface area contributed by atoms with Crippen LogP contribution in [0.1, 0.15) is 5.56 Å². The van der Waals surface area contributed by atoms with Crippen LogP contribution in [-0.4, -0.2) is 25.0 Å². The summed E-state index contributed by atoms with van der Waals surface area (Å²) in [7, 11) is 0. The molecule has 0 aliphatic heterocycles. The fraction of sp³-hybridized carbons (Fsp3) is 0.0833. The number of hydrogen-bond acceptors (Lipinski definition) is 3. The van der Waals surface area contributed by atoms with Gasteiger partial charge < -0.3 is 0 Å². The first-order valence-corrected chi connectivity index (χ1v) is 5.31. The third-order valence-corrected chi connectivity index (χ3v) is 2.71. The molecule has 0 amide bonds. The maximum absolute atomic E-state index is 4.29. The van der Waals surface area contributed by atoms with E-state index in [9.17, 15) is 0 Å². The average molecular weight is 262 g/mol. The summed E-state index contributed by atoms with van der Waals surface area (Å²) in [6.45, 7) is 2.03. The normalized spacial score (nSPS) is 10.1. The molecule has 5 nitrogen and oxygen atoms in total. The number of nitrogens with zero attached hydrogens (tertiary/aromatic N) is 4. The van der Waals surface area contributed by atoms with Crippen molar-refractivity contribution in [1.82, 2.24) is 25.0 Å². The van der Waals surface area contributed by atoms with Crippen LogP contribution in [0.5, 0.6) is 0 Å². The number of halogens is 1. The van der Waals surface area contributed by atoms with E-state index in [0.717, 1.165) is 22.6 Å². The zero-order valence-corrected chi connectivity index (χ0v) is 10.6. The highest BCUT2D eigenvalue weighted by molar-refractivity contribution is 5.85. The van der Waals surface area contributed by atoms with Crippen molar-refractivity contribution < 1.29 is 0 Å². The van der Waals surface area contributed by atoms with E-state index in [1.54, 1.807) is 17.2 Å². The van der Waals surface area contributed by atoms with E-state index in [4.69, 9.17) is 0 Å². The Morgan fingerprint density at radius 1 is 1.06 bits per heavy atom. The van der Waals surface area contributed by atoms with Crippen molar-refractivity contribution in [3.8, 4) is 17.1 Å². The molecule has 92 valence electrons. The van der Waals surface area contributed by atoms with Gasteiger partial charge in [-0.05, 0) is 12.5 Å². The first-order valence-electron chi connectivity index (χ1n) is 5.31. The summed E-state index contributed by atoms with van der Waals surface area (Å²) in [6, 6.07) is 10.1. The van der Waals surface area contributed by atoms with E-state index in [0.29, 0.717) is 0 Å². The van der Waals surface area contributed by atoms with Crippen molar-refractivity contribution in [2.75, 3.05) is 0 Å². The molecule has 0 aliphatic carbocycles. The Morgan fingerprint density at radius 3 is 2.39 bits per heavy atom. The van der Waals surface area contributed by atoms with Gasteiger partial charge in [0.25, 0.3) is 0 Å². The second-order valence-corrected chi connectivity index (χ2v) is 3.78. The first-order chi connectivity index (χ1) is 8.36. The largest absolute Gasteiger partial charge is 0.275 e. The molecule has 2 heterocycles. The smallest absolute Gasteiger partial charge is 0.164 e. The Morgan fingerprint density at radius 2 is 1.72 bits per heavy atom. The van der Waals surface area contributed by atoms with Gasteiger partial charge in [0.05, 0.1) is 5.69 Å². The molecule has 0 radical (unpaired) electrons. The molecule has 1 aromatic carbocycles. The number of hydrogen-bond donors (Lipinski definition) is 1. The van der Waals surface area contributed by atoms with Gasteiger partial charge in [0.2, 0.25) is 0 Å². The molecular formula is C12H12ClN5. The molecule has 6 heteroatoms. The van der Waals surface area contributed by atoms with E-state index in [2.05, 4.69) is 32.5 Å². The zero-order valence-electron chi connectivity index (χ0n) is 9.74. The summed E-state index contributed by atoms with van der Waals surface area (Å²) in [5.74, 6) is 0.828. The topological polar surface area (TPSA) is 59.4 Å². The maximum Gasteiger partial charge on any atom is 0.164 e. The van der Waals surface area contributed by atoms with Crippen molar-refractivity contribution in [2.24, 2.45) is 0 Å². The van der Waals surface area contributed by atoms with Gasteiger partial charge in [0.1, 0.15) is 12.7 Å². The molecule has 2 aromatic heterocycles. The van der Waals surface area contributed by atoms with Crippen LogP contribution < -0.4 is 0 Å². The molecule has 0 bridgehead atoms. The predicted molar refractivity (Wildman–Crippen MR) is 70.9 cm³/mol. The van der Waals surface area contributed by atoms with Crippen LogP contribution in [0.3, 0.4) is 0 Å². The van der Waals surface area contributed by atoms with Crippen molar-refractivity contribution in [1.29, 1.82) is 0 Å². The van der Waals surface area contributed by atoms with Crippen LogP contribution in [0.15, 0.2) is 43.0 Å². The van der Waals surface area contributed by atoms with Gasteiger partial charge in [-0.25, -0.2) is 0 Å². The lowest BCUT2D eigenvalue weighted by Crippen LogP contribution is -1.92. The second kappa shape index (κ2) is 5.01. The van der Waals surface area contributed by atoms with E-state index in [1.807, 2.05) is 25.1 Å². The molecule has 0 saturated heterocycles. The summed E-state index contributed by atoms with van der Waals surface area (Å²) in [5.41, 5.74) is 3.22. The number of H-pyrrole nitrogens is 1. The van der Waals surface area contributed by atoms with Crippen molar-refractivity contribution in [2.45, 2.75) is 6.92 Å². The van der Waals surface area contributed by atoms with Gasteiger partial charge in [0, 0.05) is 5.56 Å². The average Bonchev–Trinajstić information content (AvgIpc) is 2.99. The molecule has 18 heavy (non-hydrogen) atoms. The Balaban J connectivity index is 0.00000120. The molecule has 0 atom stereocenters. The number of rotatable bonds is 2. The molecule has 0 unspecified atom stereocenters. The lowest BCUT2D eigenvalue weighted by Gasteiger charge is -2.00. The van der Waals surface area contributed by atoms with Crippen LogP contribution in [-0.2, 0) is 0 Å². The Bertz CT molecular complexity index is 615. The Kier molecular flexibility index (Phi) is 3.43. The fourth-order valence-corrected chi connectivity index (χ4v) is 1.84. The Hall–Kier alpha value is -2.14. The van der Waals surface area contributed by atoms with Crippen LogP contribution >= 0.6 is 12.4 Å². The third kappa shape index (κ3) is 2.00. The van der Waals surface area contributed by atoms with Crippen molar-refractivity contribution in [3.05, 3.63) is 48.5 Å². The lowest BCUT2D eigenvalue weighted by molar-refractivity contribution is 0.949. The van der Waals surface area contributed by atoms with Gasteiger partial charge in [-0.2, -0.15) is 5.10 Å². The van der Waals surface area contributed by atoms with Crippen LogP contribution in [0.4, 0.5) is 0 Å². The highest BCUT2D eigenvalue weighted by Crippen LogP contribution is 2.24. The summed E-state index contributed by atoms with van der Waals surface area (Å²) in [4.78, 5) is 0. The van der Waals surface area contributed by atoms with Crippen LogP contribution in [0.25, 0.3) is 17.1 Å². The summed E-state index contributed by atoms with van der Waals surface area (Å²) in [5, 5.41) is 14.9. The van der Waals surface area contributed by atoms with Gasteiger partial charge in [-0.15, -0.1) is 22.6 Å². The standard InChI is InChI=1S/C12H11N5.ClH/c1-9-11(10-5-3-2-4-6-10)15-16-12(9)17-7-13-14-8-17;/h2-8H,1H3,(H,15,16);1H. The first kappa shape index (κ1) is 12.3. The number of benzene rings is 1. The fourth-order valence-electron chi connectivity index (χ4n) is 1.84. The molecule has 0 saturated carbocycles. The molecule has 0 spiro atoms. The van der Waals surface area contributed by atoms with Crippen LogP contribution in [0.2, 0.25) is 0 Å². The lowest BCUT2D eigenvalue weighted by atomic mass is 10.1. The minimum absolute atomic E-state index is 0. The number of aromatic nitrogens is 5. The van der Waals surface area contributed by atoms with Gasteiger partial charge in [-0.1, -0.05) is 30.3 Å². The highest BCUT2D eigenvalue weighted by Gasteiger charge is 2.11. The minimum Gasteiger partial charge on any atom is -0.275 e. The van der Waals surface area contributed by atoms with E-state index in [1.165, 1.54) is 0 Å². The van der Waals surface area contributed by atoms with Gasteiger partial charge in [0.15, 0.2) is 5.82 Å². The summed E-state index contributed by atoms with van der Waals surface area (Å²) in [6.07, 6.45) is 3.27. The third-order valence-electron chi connectivity index (χ3n) is 2.71. The Labute approximate surface area is 110 Å². The van der Waals surface area contributed by atoms with Gasteiger partial charge >= 0.3 is 0 Å². The zero-order chi connectivity index (χ0) is 11.7. The molecule has 3 rings (SSSR count). The SMILES string of the molecule is Cc1c(-n2cnnc2)n[nH]c1-c1ccccc1.Cl. The monoisotopic (exact) mass is 261 g/mol. The maximum atomic E-state index is 4.29.